The molecule has 1 fully saturated rings. The lowest BCUT2D eigenvalue weighted by Gasteiger charge is -2.31. The SMILES string of the molecule is O=C(Nc1ccc(Cl)cn1)C1CCN(C(=O)c2cc(-c3cccnc3)nc3ccccc23)CC1. The molecule has 34 heavy (non-hydrogen) atoms. The van der Waals surface area contributed by atoms with E-state index >= 15 is 0 Å². The third-order valence-corrected chi connectivity index (χ3v) is 6.26. The maximum atomic E-state index is 13.6. The Balaban J connectivity index is 1.33. The predicted molar refractivity (Wildman–Crippen MR) is 131 cm³/mol. The zero-order chi connectivity index (χ0) is 23.5. The minimum absolute atomic E-state index is 0.0537. The average Bonchev–Trinajstić information content (AvgIpc) is 2.89. The first-order chi connectivity index (χ1) is 16.6. The van der Waals surface area contributed by atoms with Gasteiger partial charge in [-0.05, 0) is 49.2 Å². The number of piperidine rings is 1. The number of para-hydroxylation sites is 1. The molecule has 0 unspecified atom stereocenters. The maximum absolute atomic E-state index is 13.6. The van der Waals surface area contributed by atoms with Gasteiger partial charge in [0.2, 0.25) is 5.91 Å². The van der Waals surface area contributed by atoms with Crippen molar-refractivity contribution in [2.75, 3.05) is 18.4 Å². The highest BCUT2D eigenvalue weighted by molar-refractivity contribution is 6.30. The molecule has 1 saturated heterocycles. The van der Waals surface area contributed by atoms with Gasteiger partial charge in [0.1, 0.15) is 5.82 Å². The van der Waals surface area contributed by atoms with E-state index in [1.165, 1.54) is 6.20 Å². The van der Waals surface area contributed by atoms with Gasteiger partial charge in [0.25, 0.3) is 5.91 Å². The second-order valence-corrected chi connectivity index (χ2v) is 8.67. The number of carbonyl (C=O) groups is 2. The van der Waals surface area contributed by atoms with E-state index < -0.39 is 0 Å². The van der Waals surface area contributed by atoms with Crippen LogP contribution in [0.2, 0.25) is 5.02 Å². The number of halogens is 1. The van der Waals surface area contributed by atoms with Crippen LogP contribution in [0.5, 0.6) is 0 Å². The minimum atomic E-state index is -0.179. The van der Waals surface area contributed by atoms with Gasteiger partial charge in [-0.2, -0.15) is 0 Å². The Morgan fingerprint density at radius 1 is 1.00 bits per heavy atom. The predicted octanol–water partition coefficient (Wildman–Crippen LogP) is 4.84. The molecule has 3 aromatic heterocycles. The topological polar surface area (TPSA) is 88.1 Å². The van der Waals surface area contributed by atoms with Gasteiger partial charge in [-0.1, -0.05) is 29.8 Å². The van der Waals surface area contributed by atoms with Gasteiger partial charge in [-0.3, -0.25) is 14.6 Å². The van der Waals surface area contributed by atoms with Gasteiger partial charge in [-0.15, -0.1) is 0 Å². The second-order valence-electron chi connectivity index (χ2n) is 8.23. The molecule has 8 heteroatoms. The Morgan fingerprint density at radius 2 is 1.82 bits per heavy atom. The van der Waals surface area contributed by atoms with E-state index in [1.807, 2.05) is 47.4 Å². The van der Waals surface area contributed by atoms with Gasteiger partial charge in [-0.25, -0.2) is 9.97 Å². The number of aromatic nitrogens is 3. The molecule has 1 N–H and O–H groups in total. The highest BCUT2D eigenvalue weighted by atomic mass is 35.5. The Morgan fingerprint density at radius 3 is 2.56 bits per heavy atom. The average molecular weight is 472 g/mol. The molecule has 0 atom stereocenters. The summed E-state index contributed by atoms with van der Waals surface area (Å²) in [5.41, 5.74) is 2.93. The molecular formula is C26H22ClN5O2. The smallest absolute Gasteiger partial charge is 0.254 e. The second kappa shape index (κ2) is 9.57. The van der Waals surface area contributed by atoms with Gasteiger partial charge in [0.05, 0.1) is 21.8 Å². The fourth-order valence-corrected chi connectivity index (χ4v) is 4.32. The summed E-state index contributed by atoms with van der Waals surface area (Å²) >= 11 is 5.85. The highest BCUT2D eigenvalue weighted by Crippen LogP contribution is 2.27. The van der Waals surface area contributed by atoms with Crippen LogP contribution in [0.3, 0.4) is 0 Å². The molecule has 0 saturated carbocycles. The van der Waals surface area contributed by atoms with Gasteiger partial charge in [0.15, 0.2) is 0 Å². The maximum Gasteiger partial charge on any atom is 0.254 e. The van der Waals surface area contributed by atoms with Crippen molar-refractivity contribution < 1.29 is 9.59 Å². The lowest BCUT2D eigenvalue weighted by atomic mass is 9.95. The Hall–Kier alpha value is -3.84. The Bertz CT molecular complexity index is 1340. The molecule has 170 valence electrons. The first kappa shape index (κ1) is 22.0. The van der Waals surface area contributed by atoms with Crippen molar-refractivity contribution in [3.05, 3.63) is 83.8 Å². The van der Waals surface area contributed by atoms with Crippen LogP contribution in [0.4, 0.5) is 5.82 Å². The number of fused-ring (bicyclic) bond motifs is 1. The summed E-state index contributed by atoms with van der Waals surface area (Å²) < 4.78 is 0. The largest absolute Gasteiger partial charge is 0.339 e. The zero-order valence-electron chi connectivity index (χ0n) is 18.3. The van der Waals surface area contributed by atoms with Gasteiger partial charge < -0.3 is 10.2 Å². The van der Waals surface area contributed by atoms with Crippen LogP contribution in [0.1, 0.15) is 23.2 Å². The minimum Gasteiger partial charge on any atom is -0.339 e. The molecule has 1 aliphatic heterocycles. The third-order valence-electron chi connectivity index (χ3n) is 6.04. The molecule has 0 spiro atoms. The van der Waals surface area contributed by atoms with Gasteiger partial charge in [0, 0.05) is 48.5 Å². The molecular weight excluding hydrogens is 450 g/mol. The van der Waals surface area contributed by atoms with Crippen LogP contribution in [-0.4, -0.2) is 44.8 Å². The number of amides is 2. The normalized spacial score (nSPS) is 14.2. The van der Waals surface area contributed by atoms with Crippen molar-refractivity contribution in [2.45, 2.75) is 12.8 Å². The van der Waals surface area contributed by atoms with E-state index in [4.69, 9.17) is 16.6 Å². The summed E-state index contributed by atoms with van der Waals surface area (Å²) in [6, 6.07) is 16.6. The first-order valence-corrected chi connectivity index (χ1v) is 11.5. The van der Waals surface area contributed by atoms with Crippen LogP contribution in [0.15, 0.2) is 73.2 Å². The number of carbonyl (C=O) groups excluding carboxylic acids is 2. The van der Waals surface area contributed by atoms with E-state index in [0.717, 1.165) is 16.5 Å². The highest BCUT2D eigenvalue weighted by Gasteiger charge is 2.29. The molecule has 0 aliphatic carbocycles. The Labute approximate surface area is 201 Å². The lowest BCUT2D eigenvalue weighted by Crippen LogP contribution is -2.41. The van der Waals surface area contributed by atoms with Gasteiger partial charge >= 0.3 is 0 Å². The van der Waals surface area contributed by atoms with E-state index in [9.17, 15) is 9.59 Å². The molecule has 5 rings (SSSR count). The molecule has 2 amide bonds. The summed E-state index contributed by atoms with van der Waals surface area (Å²) in [4.78, 5) is 41.1. The first-order valence-electron chi connectivity index (χ1n) is 11.1. The van der Waals surface area contributed by atoms with Crippen LogP contribution in [0.25, 0.3) is 22.2 Å². The quantitative estimate of drug-likeness (QED) is 0.460. The molecule has 7 nitrogen and oxygen atoms in total. The van der Waals surface area contributed by atoms with Crippen LogP contribution >= 0.6 is 11.6 Å². The molecule has 1 aliphatic rings. The van der Waals surface area contributed by atoms with Crippen molar-refractivity contribution in [3.8, 4) is 11.3 Å². The molecule has 1 aromatic carbocycles. The number of hydrogen-bond acceptors (Lipinski definition) is 5. The number of pyridine rings is 3. The molecule has 0 radical (unpaired) electrons. The monoisotopic (exact) mass is 471 g/mol. The number of nitrogens with one attached hydrogen (secondary N) is 1. The molecule has 4 aromatic rings. The molecule has 4 heterocycles. The van der Waals surface area contributed by atoms with Crippen molar-refractivity contribution in [3.63, 3.8) is 0 Å². The number of rotatable bonds is 4. The van der Waals surface area contributed by atoms with E-state index in [2.05, 4.69) is 15.3 Å². The van der Waals surface area contributed by atoms with Crippen molar-refractivity contribution in [1.29, 1.82) is 0 Å². The van der Waals surface area contributed by atoms with E-state index in [1.54, 1.807) is 24.5 Å². The fourth-order valence-electron chi connectivity index (χ4n) is 4.21. The summed E-state index contributed by atoms with van der Waals surface area (Å²) in [6.45, 7) is 1.01. The molecule has 0 bridgehead atoms. The number of benzene rings is 1. The van der Waals surface area contributed by atoms with Crippen LogP contribution in [0, 0.1) is 5.92 Å². The van der Waals surface area contributed by atoms with E-state index in [0.29, 0.717) is 48.0 Å². The Kier molecular flexibility index (Phi) is 6.18. The zero-order valence-corrected chi connectivity index (χ0v) is 19.1. The summed E-state index contributed by atoms with van der Waals surface area (Å²) in [5.74, 6) is 0.151. The number of anilines is 1. The summed E-state index contributed by atoms with van der Waals surface area (Å²) in [5, 5.41) is 4.17. The van der Waals surface area contributed by atoms with Crippen molar-refractivity contribution in [1.82, 2.24) is 19.9 Å². The number of nitrogens with zero attached hydrogens (tertiary/aromatic N) is 4. The van der Waals surface area contributed by atoms with Crippen LogP contribution < -0.4 is 5.32 Å². The summed E-state index contributed by atoms with van der Waals surface area (Å²) in [6.07, 6.45) is 6.12. The third kappa shape index (κ3) is 4.61. The standard InChI is InChI=1S/C26H22ClN5O2/c27-19-7-8-24(29-16-19)31-25(33)17-9-12-32(13-10-17)26(34)21-14-23(18-4-3-11-28-15-18)30-22-6-2-1-5-20(21)22/h1-8,11,14-17H,9-10,12-13H2,(H,29,31,33). The van der Waals surface area contributed by atoms with Crippen molar-refractivity contribution >= 4 is 40.1 Å². The summed E-state index contributed by atoms with van der Waals surface area (Å²) in [7, 11) is 0. The fraction of sp³-hybridized carbons (Fsp3) is 0.192. The van der Waals surface area contributed by atoms with E-state index in [-0.39, 0.29) is 17.7 Å². The van der Waals surface area contributed by atoms with Crippen LogP contribution in [-0.2, 0) is 4.79 Å². The number of likely N-dealkylation sites (tertiary alicyclic amines) is 1. The number of hydrogen-bond donors (Lipinski definition) is 1. The lowest BCUT2D eigenvalue weighted by molar-refractivity contribution is -0.121. The van der Waals surface area contributed by atoms with Crippen molar-refractivity contribution in [2.24, 2.45) is 5.92 Å².